The second-order valence-corrected chi connectivity index (χ2v) is 5.57. The first-order valence-corrected chi connectivity index (χ1v) is 6.62. The molecular formula is C11H13NO3S. The second kappa shape index (κ2) is 4.17. The van der Waals surface area contributed by atoms with Crippen LogP contribution in [0, 0.1) is 0 Å². The molecule has 16 heavy (non-hydrogen) atoms. The van der Waals surface area contributed by atoms with E-state index in [0.29, 0.717) is 0 Å². The molecule has 1 aliphatic heterocycles. The Bertz CT molecular complexity index is 490. The van der Waals surface area contributed by atoms with Crippen LogP contribution in [0.2, 0.25) is 0 Å². The van der Waals surface area contributed by atoms with E-state index in [9.17, 15) is 8.42 Å². The van der Waals surface area contributed by atoms with Gasteiger partial charge >= 0.3 is 0 Å². The van der Waals surface area contributed by atoms with E-state index in [1.54, 1.807) is 13.2 Å². The quantitative estimate of drug-likeness (QED) is 0.866. The van der Waals surface area contributed by atoms with Gasteiger partial charge in [0.05, 0.1) is 18.9 Å². The molecule has 1 heterocycles. The number of hydrogen-bond donors (Lipinski definition) is 1. The lowest BCUT2D eigenvalue weighted by atomic mass is 10.2. The normalized spacial score (nSPS) is 21.9. The summed E-state index contributed by atoms with van der Waals surface area (Å²) in [5, 5.41) is 4.38. The van der Waals surface area contributed by atoms with Gasteiger partial charge in [-0.05, 0) is 24.3 Å². The van der Waals surface area contributed by atoms with Crippen LogP contribution in [0.1, 0.15) is 0 Å². The smallest absolute Gasteiger partial charge is 0.173 e. The molecule has 0 aromatic heterocycles. The summed E-state index contributed by atoms with van der Waals surface area (Å²) in [4.78, 5) is 0. The zero-order valence-electron chi connectivity index (χ0n) is 8.88. The Balaban J connectivity index is 2.03. The monoisotopic (exact) mass is 239 g/mol. The minimum absolute atomic E-state index is 0.124. The molecule has 0 spiro atoms. The van der Waals surface area contributed by atoms with Crippen molar-refractivity contribution < 1.29 is 13.2 Å². The van der Waals surface area contributed by atoms with Gasteiger partial charge in [0.15, 0.2) is 9.84 Å². The SMILES string of the molecule is COc1ccc(NC2C=CS(=O)(=O)C2)cc1. The molecule has 1 aliphatic rings. The van der Waals surface area contributed by atoms with E-state index >= 15 is 0 Å². The third-order valence-electron chi connectivity index (χ3n) is 2.37. The summed E-state index contributed by atoms with van der Waals surface area (Å²) < 4.78 is 27.4. The maximum absolute atomic E-state index is 11.2. The van der Waals surface area contributed by atoms with Crippen molar-refractivity contribution in [1.29, 1.82) is 0 Å². The zero-order valence-corrected chi connectivity index (χ0v) is 9.70. The summed E-state index contributed by atoms with van der Waals surface area (Å²) in [5.41, 5.74) is 0.882. The summed E-state index contributed by atoms with van der Waals surface area (Å²) in [5.74, 6) is 0.902. The number of ether oxygens (including phenoxy) is 1. The van der Waals surface area contributed by atoms with E-state index in [1.807, 2.05) is 24.3 Å². The Morgan fingerprint density at radius 3 is 2.50 bits per heavy atom. The van der Waals surface area contributed by atoms with Gasteiger partial charge in [0.2, 0.25) is 0 Å². The van der Waals surface area contributed by atoms with Crippen LogP contribution in [0.3, 0.4) is 0 Å². The molecule has 0 aliphatic carbocycles. The van der Waals surface area contributed by atoms with Crippen molar-refractivity contribution in [1.82, 2.24) is 0 Å². The van der Waals surface area contributed by atoms with Crippen LogP contribution in [0.5, 0.6) is 5.75 Å². The van der Waals surface area contributed by atoms with Crippen LogP contribution in [0.4, 0.5) is 5.69 Å². The van der Waals surface area contributed by atoms with Crippen LogP contribution in [-0.2, 0) is 9.84 Å². The minimum Gasteiger partial charge on any atom is -0.497 e. The minimum atomic E-state index is -3.00. The standard InChI is InChI=1S/C11H13NO3S/c1-15-11-4-2-9(3-5-11)12-10-6-7-16(13,14)8-10/h2-7,10,12H,8H2,1H3. The van der Waals surface area contributed by atoms with Crippen molar-refractivity contribution in [3.63, 3.8) is 0 Å². The van der Waals surface area contributed by atoms with Gasteiger partial charge in [0.25, 0.3) is 0 Å². The molecule has 1 atom stereocenters. The van der Waals surface area contributed by atoms with E-state index in [1.165, 1.54) is 5.41 Å². The molecule has 0 amide bonds. The number of rotatable bonds is 3. The van der Waals surface area contributed by atoms with Crippen molar-refractivity contribution in [3.05, 3.63) is 35.7 Å². The zero-order chi connectivity index (χ0) is 11.6. The van der Waals surface area contributed by atoms with Crippen molar-refractivity contribution in [3.8, 4) is 5.75 Å². The summed E-state index contributed by atoms with van der Waals surface area (Å²) in [6, 6.07) is 7.23. The van der Waals surface area contributed by atoms with Crippen molar-refractivity contribution in [2.45, 2.75) is 6.04 Å². The Hall–Kier alpha value is -1.49. The van der Waals surface area contributed by atoms with Gasteiger partial charge in [-0.2, -0.15) is 0 Å². The molecule has 1 unspecified atom stereocenters. The Morgan fingerprint density at radius 2 is 2.00 bits per heavy atom. The van der Waals surface area contributed by atoms with Crippen molar-refractivity contribution in [2.24, 2.45) is 0 Å². The summed E-state index contributed by atoms with van der Waals surface area (Å²) in [6.45, 7) is 0. The fraction of sp³-hybridized carbons (Fsp3) is 0.273. The molecule has 86 valence electrons. The van der Waals surface area contributed by atoms with Gasteiger partial charge in [0, 0.05) is 11.1 Å². The third kappa shape index (κ3) is 2.55. The van der Waals surface area contributed by atoms with Gasteiger partial charge in [-0.1, -0.05) is 6.08 Å². The van der Waals surface area contributed by atoms with Gasteiger partial charge in [0.1, 0.15) is 5.75 Å². The molecule has 5 heteroatoms. The second-order valence-electron chi connectivity index (χ2n) is 3.64. The molecule has 0 bridgehead atoms. The van der Waals surface area contributed by atoms with Crippen LogP contribution < -0.4 is 10.1 Å². The Kier molecular flexibility index (Phi) is 2.87. The number of hydrogen-bond acceptors (Lipinski definition) is 4. The average molecular weight is 239 g/mol. The van der Waals surface area contributed by atoms with Gasteiger partial charge in [-0.3, -0.25) is 0 Å². The van der Waals surface area contributed by atoms with Crippen molar-refractivity contribution >= 4 is 15.5 Å². The van der Waals surface area contributed by atoms with Gasteiger partial charge in [-0.15, -0.1) is 0 Å². The predicted octanol–water partition coefficient (Wildman–Crippen LogP) is 1.42. The molecule has 2 rings (SSSR count). The van der Waals surface area contributed by atoms with Crippen LogP contribution in [-0.4, -0.2) is 27.3 Å². The van der Waals surface area contributed by atoms with Crippen molar-refractivity contribution in [2.75, 3.05) is 18.2 Å². The van der Waals surface area contributed by atoms with Crippen LogP contribution in [0.15, 0.2) is 35.7 Å². The molecule has 1 aromatic carbocycles. The molecule has 4 nitrogen and oxygen atoms in total. The topological polar surface area (TPSA) is 55.4 Å². The number of sulfone groups is 1. The maximum Gasteiger partial charge on any atom is 0.173 e. The lowest BCUT2D eigenvalue weighted by Crippen LogP contribution is -2.20. The van der Waals surface area contributed by atoms with E-state index in [4.69, 9.17) is 4.74 Å². The fourth-order valence-corrected chi connectivity index (χ4v) is 2.80. The average Bonchev–Trinajstić information content (AvgIpc) is 2.59. The van der Waals surface area contributed by atoms with E-state index < -0.39 is 9.84 Å². The number of anilines is 1. The molecule has 0 fully saturated rings. The third-order valence-corrected chi connectivity index (χ3v) is 3.77. The molecule has 0 saturated heterocycles. The van der Waals surface area contributed by atoms with E-state index in [-0.39, 0.29) is 11.8 Å². The first-order chi connectivity index (χ1) is 7.59. The number of benzene rings is 1. The highest BCUT2D eigenvalue weighted by molar-refractivity contribution is 7.94. The first kappa shape index (κ1) is 11.0. The lowest BCUT2D eigenvalue weighted by Gasteiger charge is -2.11. The maximum atomic E-state index is 11.2. The van der Waals surface area contributed by atoms with E-state index in [2.05, 4.69) is 5.32 Å². The Morgan fingerprint density at radius 1 is 1.31 bits per heavy atom. The molecular weight excluding hydrogens is 226 g/mol. The molecule has 0 radical (unpaired) electrons. The van der Waals surface area contributed by atoms with Gasteiger partial charge in [-0.25, -0.2) is 8.42 Å². The first-order valence-electron chi connectivity index (χ1n) is 4.91. The van der Waals surface area contributed by atoms with Gasteiger partial charge < -0.3 is 10.1 Å². The lowest BCUT2D eigenvalue weighted by molar-refractivity contribution is 0.415. The number of methoxy groups -OCH3 is 1. The van der Waals surface area contributed by atoms with Crippen LogP contribution >= 0.6 is 0 Å². The fourth-order valence-electron chi connectivity index (χ4n) is 1.57. The number of nitrogens with one attached hydrogen (secondary N) is 1. The Labute approximate surface area is 94.8 Å². The van der Waals surface area contributed by atoms with Crippen LogP contribution in [0.25, 0.3) is 0 Å². The summed E-state index contributed by atoms with van der Waals surface area (Å²) in [7, 11) is -1.39. The molecule has 0 saturated carbocycles. The highest BCUT2D eigenvalue weighted by atomic mass is 32.2. The predicted molar refractivity (Wildman–Crippen MR) is 63.3 cm³/mol. The highest BCUT2D eigenvalue weighted by Gasteiger charge is 2.21. The van der Waals surface area contributed by atoms with E-state index in [0.717, 1.165) is 11.4 Å². The largest absolute Gasteiger partial charge is 0.497 e. The highest BCUT2D eigenvalue weighted by Crippen LogP contribution is 2.18. The summed E-state index contributed by atoms with van der Waals surface area (Å²) >= 11 is 0. The summed E-state index contributed by atoms with van der Waals surface area (Å²) in [6.07, 6.45) is 1.67. The molecule has 1 N–H and O–H groups in total. The molecule has 1 aromatic rings.